The quantitative estimate of drug-likeness (QED) is 0.740. The Morgan fingerprint density at radius 2 is 2.25 bits per heavy atom. The first-order valence-electron chi connectivity index (χ1n) is 10.2. The van der Waals surface area contributed by atoms with Crippen molar-refractivity contribution in [3.63, 3.8) is 0 Å². The number of aliphatic hydroxyl groups excluding tert-OH is 1. The van der Waals surface area contributed by atoms with Gasteiger partial charge < -0.3 is 15.2 Å². The maximum Gasteiger partial charge on any atom is 0.261 e. The molecule has 1 unspecified atom stereocenters. The van der Waals surface area contributed by atoms with Gasteiger partial charge in [-0.25, -0.2) is 4.68 Å². The van der Waals surface area contributed by atoms with Crippen LogP contribution < -0.4 is 5.32 Å². The van der Waals surface area contributed by atoms with Crippen molar-refractivity contribution in [1.29, 1.82) is 0 Å². The molecule has 2 fully saturated rings. The summed E-state index contributed by atoms with van der Waals surface area (Å²) in [6.45, 7) is 0.362. The molecule has 2 aliphatic rings. The second kappa shape index (κ2) is 9.15. The maximum absolute atomic E-state index is 12.3. The minimum atomic E-state index is -0.426. The number of rotatable bonds is 7. The Balaban J connectivity index is 1.32. The van der Waals surface area contributed by atoms with E-state index in [0.29, 0.717) is 17.9 Å². The van der Waals surface area contributed by atoms with Crippen LogP contribution in [-0.4, -0.2) is 51.4 Å². The average molecular weight is 405 g/mol. The molecule has 4 rings (SSSR count). The molecular formula is C20H28N4O3S. The Bertz CT molecular complexity index is 757. The molecule has 0 bridgehead atoms. The fourth-order valence-corrected chi connectivity index (χ4v) is 4.91. The lowest BCUT2D eigenvalue weighted by atomic mass is 9.86. The zero-order chi connectivity index (χ0) is 19.3. The summed E-state index contributed by atoms with van der Waals surface area (Å²) >= 11 is 1.38. The Labute approximate surface area is 169 Å². The predicted octanol–water partition coefficient (Wildman–Crippen LogP) is 2.58. The van der Waals surface area contributed by atoms with Gasteiger partial charge in [-0.05, 0) is 23.8 Å². The third-order valence-electron chi connectivity index (χ3n) is 5.87. The molecule has 0 spiro atoms. The van der Waals surface area contributed by atoms with Gasteiger partial charge in [0.2, 0.25) is 0 Å². The number of nitrogens with zero attached hydrogens (tertiary/aromatic N) is 3. The van der Waals surface area contributed by atoms with Gasteiger partial charge in [-0.2, -0.15) is 0 Å². The van der Waals surface area contributed by atoms with Gasteiger partial charge in [0.1, 0.15) is 0 Å². The number of hydrogen-bond acceptors (Lipinski definition) is 6. The van der Waals surface area contributed by atoms with Crippen LogP contribution in [0.5, 0.6) is 0 Å². The molecule has 2 N–H and O–H groups in total. The van der Waals surface area contributed by atoms with Gasteiger partial charge in [0.05, 0.1) is 42.0 Å². The number of nitrogens with one attached hydrogen (secondary N) is 1. The number of ether oxygens (including phenoxy) is 1. The lowest BCUT2D eigenvalue weighted by molar-refractivity contribution is 0.0492. The summed E-state index contributed by atoms with van der Waals surface area (Å²) in [7, 11) is 0. The van der Waals surface area contributed by atoms with Crippen molar-refractivity contribution in [1.82, 2.24) is 20.3 Å². The zero-order valence-corrected chi connectivity index (χ0v) is 16.8. The van der Waals surface area contributed by atoms with Gasteiger partial charge in [-0.15, -0.1) is 16.4 Å². The van der Waals surface area contributed by atoms with E-state index in [0.717, 1.165) is 18.0 Å². The molecule has 1 aliphatic heterocycles. The van der Waals surface area contributed by atoms with E-state index in [1.807, 2.05) is 22.3 Å². The number of aromatic nitrogens is 3. The van der Waals surface area contributed by atoms with E-state index < -0.39 is 6.04 Å². The van der Waals surface area contributed by atoms with Crippen LogP contribution in [0.4, 0.5) is 0 Å². The summed E-state index contributed by atoms with van der Waals surface area (Å²) in [6, 6.07) is 3.27. The van der Waals surface area contributed by atoms with E-state index in [1.165, 1.54) is 43.4 Å². The van der Waals surface area contributed by atoms with Gasteiger partial charge in [-0.1, -0.05) is 43.4 Å². The monoisotopic (exact) mass is 404 g/mol. The lowest BCUT2D eigenvalue weighted by Gasteiger charge is -2.21. The van der Waals surface area contributed by atoms with E-state index in [4.69, 9.17) is 4.74 Å². The molecule has 1 saturated carbocycles. The van der Waals surface area contributed by atoms with Crippen LogP contribution in [0.25, 0.3) is 0 Å². The van der Waals surface area contributed by atoms with Gasteiger partial charge in [0.15, 0.2) is 0 Å². The Morgan fingerprint density at radius 3 is 3.00 bits per heavy atom. The third kappa shape index (κ3) is 4.61. The van der Waals surface area contributed by atoms with E-state index >= 15 is 0 Å². The summed E-state index contributed by atoms with van der Waals surface area (Å²) in [5, 5.41) is 23.2. The van der Waals surface area contributed by atoms with Crippen LogP contribution in [0.3, 0.4) is 0 Å². The first-order chi connectivity index (χ1) is 13.7. The normalized spacial score (nSPS) is 24.3. The molecule has 8 heteroatoms. The van der Waals surface area contributed by atoms with Crippen LogP contribution in [0.2, 0.25) is 0 Å². The number of amides is 1. The minimum Gasteiger partial charge on any atom is -0.394 e. The van der Waals surface area contributed by atoms with Crippen LogP contribution >= 0.6 is 11.3 Å². The molecule has 3 atom stereocenters. The SMILES string of the molecule is O=C(N[C@@H](CO)C1C[C@@H](n2cc(CC3CCCCC3)nn2)CO1)c1cccs1. The zero-order valence-electron chi connectivity index (χ0n) is 16.0. The Morgan fingerprint density at radius 1 is 1.39 bits per heavy atom. The van der Waals surface area contributed by atoms with E-state index in [9.17, 15) is 9.90 Å². The fraction of sp³-hybridized carbons (Fsp3) is 0.650. The fourth-order valence-electron chi connectivity index (χ4n) is 4.28. The molecule has 2 aromatic rings. The molecule has 2 aromatic heterocycles. The summed E-state index contributed by atoms with van der Waals surface area (Å²) < 4.78 is 7.79. The molecule has 1 saturated heterocycles. The topological polar surface area (TPSA) is 89.3 Å². The number of aliphatic hydroxyl groups is 1. The Hall–Kier alpha value is -1.77. The van der Waals surface area contributed by atoms with Crippen molar-refractivity contribution < 1.29 is 14.6 Å². The van der Waals surface area contributed by atoms with Crippen LogP contribution in [0.1, 0.15) is 59.9 Å². The summed E-state index contributed by atoms with van der Waals surface area (Å²) in [5.74, 6) is 0.564. The largest absolute Gasteiger partial charge is 0.394 e. The summed E-state index contributed by atoms with van der Waals surface area (Å²) in [5.41, 5.74) is 1.06. The van der Waals surface area contributed by atoms with Crippen LogP contribution in [0.15, 0.2) is 23.7 Å². The van der Waals surface area contributed by atoms with Crippen molar-refractivity contribution >= 4 is 17.2 Å². The van der Waals surface area contributed by atoms with Crippen molar-refractivity contribution in [2.24, 2.45) is 5.92 Å². The standard InChI is InChI=1S/C20H28N4O3S/c25-12-17(21-20(26)19-7-4-8-28-19)18-10-16(13-27-18)24-11-15(22-23-24)9-14-5-2-1-3-6-14/h4,7-8,11,14,16-18,25H,1-3,5-6,9-10,12-13H2,(H,21,26)/t16-,17+,18?/m1/s1. The maximum atomic E-state index is 12.3. The molecule has 0 radical (unpaired) electrons. The molecule has 152 valence electrons. The summed E-state index contributed by atoms with van der Waals surface area (Å²) in [6.07, 6.45) is 10.1. The molecule has 7 nitrogen and oxygen atoms in total. The average Bonchev–Trinajstić information content (AvgIpc) is 3.48. The number of hydrogen-bond donors (Lipinski definition) is 2. The third-order valence-corrected chi connectivity index (χ3v) is 6.74. The first kappa shape index (κ1) is 19.5. The van der Waals surface area contributed by atoms with Crippen LogP contribution in [-0.2, 0) is 11.2 Å². The van der Waals surface area contributed by atoms with Gasteiger partial charge in [0, 0.05) is 12.6 Å². The van der Waals surface area contributed by atoms with Crippen molar-refractivity contribution in [2.45, 2.75) is 63.1 Å². The molecule has 1 aliphatic carbocycles. The van der Waals surface area contributed by atoms with Crippen LogP contribution in [0, 0.1) is 5.92 Å². The highest BCUT2D eigenvalue weighted by atomic mass is 32.1. The summed E-state index contributed by atoms with van der Waals surface area (Å²) in [4.78, 5) is 12.9. The highest BCUT2D eigenvalue weighted by Gasteiger charge is 2.34. The van der Waals surface area contributed by atoms with Crippen molar-refractivity contribution in [3.8, 4) is 0 Å². The molecule has 0 aromatic carbocycles. The highest BCUT2D eigenvalue weighted by molar-refractivity contribution is 7.12. The predicted molar refractivity (Wildman–Crippen MR) is 106 cm³/mol. The number of carbonyl (C=O) groups is 1. The number of carbonyl (C=O) groups excluding carboxylic acids is 1. The lowest BCUT2D eigenvalue weighted by Crippen LogP contribution is -2.45. The molecule has 3 heterocycles. The van der Waals surface area contributed by atoms with Crippen molar-refractivity contribution in [3.05, 3.63) is 34.3 Å². The molecule has 1 amide bonds. The second-order valence-electron chi connectivity index (χ2n) is 7.90. The molecular weight excluding hydrogens is 376 g/mol. The molecule has 28 heavy (non-hydrogen) atoms. The Kier molecular flexibility index (Phi) is 6.39. The van der Waals surface area contributed by atoms with Crippen molar-refractivity contribution in [2.75, 3.05) is 13.2 Å². The van der Waals surface area contributed by atoms with E-state index in [-0.39, 0.29) is 24.7 Å². The van der Waals surface area contributed by atoms with Gasteiger partial charge >= 0.3 is 0 Å². The highest BCUT2D eigenvalue weighted by Crippen LogP contribution is 2.28. The first-order valence-corrected chi connectivity index (χ1v) is 11.1. The van der Waals surface area contributed by atoms with E-state index in [2.05, 4.69) is 15.6 Å². The second-order valence-corrected chi connectivity index (χ2v) is 8.85. The number of thiophene rings is 1. The minimum absolute atomic E-state index is 0.0882. The van der Waals surface area contributed by atoms with E-state index in [1.54, 1.807) is 6.07 Å². The van der Waals surface area contributed by atoms with Gasteiger partial charge in [-0.3, -0.25) is 4.79 Å². The van der Waals surface area contributed by atoms with Gasteiger partial charge in [0.25, 0.3) is 5.91 Å². The smallest absolute Gasteiger partial charge is 0.261 e.